The summed E-state index contributed by atoms with van der Waals surface area (Å²) in [7, 11) is 3.19. The van der Waals surface area contributed by atoms with Gasteiger partial charge in [-0.05, 0) is 30.4 Å². The summed E-state index contributed by atoms with van der Waals surface area (Å²) in [6.07, 6.45) is 4.75. The second kappa shape index (κ2) is 6.83. The molecule has 0 aromatic heterocycles. The molecule has 0 atom stereocenters. The molecular weight excluding hydrogens is 323 g/mol. The van der Waals surface area contributed by atoms with Crippen molar-refractivity contribution in [3.8, 4) is 11.5 Å². The normalized spacial score (nSPS) is 19.8. The number of hydrazine groups is 1. The summed E-state index contributed by atoms with van der Waals surface area (Å²) >= 11 is 13.1. The van der Waals surface area contributed by atoms with Crippen LogP contribution in [0.4, 0.5) is 0 Å². The molecule has 0 N–H and O–H groups in total. The van der Waals surface area contributed by atoms with Gasteiger partial charge >= 0.3 is 0 Å². The van der Waals surface area contributed by atoms with Gasteiger partial charge in [-0.1, -0.05) is 29.6 Å². The van der Waals surface area contributed by atoms with E-state index in [1.54, 1.807) is 14.2 Å². The zero-order valence-corrected chi connectivity index (χ0v) is 14.6. The lowest BCUT2D eigenvalue weighted by Crippen LogP contribution is -2.47. The van der Waals surface area contributed by atoms with Crippen LogP contribution in [0.1, 0.15) is 30.4 Å². The van der Waals surface area contributed by atoms with Crippen LogP contribution in [-0.4, -0.2) is 43.9 Å². The maximum Gasteiger partial charge on any atom is 0.181 e. The van der Waals surface area contributed by atoms with E-state index in [1.807, 2.05) is 0 Å². The first-order chi connectivity index (χ1) is 10.7. The number of hydrogen-bond donors (Lipinski definition) is 0. The summed E-state index contributed by atoms with van der Waals surface area (Å²) in [5.41, 5.74) is 2.17. The standard InChI is InChI=1S/C16H22Cl2N2O2/c1-21-15-13(17)11-6-9-20(19-7-4-3-5-8-19)10-12(11)14(18)16(15)22-2/h3-10H2,1-2H3. The number of rotatable bonds is 3. The second-order valence-corrected chi connectivity index (χ2v) is 6.56. The highest BCUT2D eigenvalue weighted by atomic mass is 35.5. The Hall–Kier alpha value is -0.680. The van der Waals surface area contributed by atoms with Crippen molar-refractivity contribution in [2.45, 2.75) is 32.2 Å². The Kier molecular flexibility index (Phi) is 5.03. The predicted molar refractivity (Wildman–Crippen MR) is 89.1 cm³/mol. The van der Waals surface area contributed by atoms with Gasteiger partial charge in [-0.2, -0.15) is 0 Å². The van der Waals surface area contributed by atoms with Crippen LogP contribution < -0.4 is 9.47 Å². The number of fused-ring (bicyclic) bond motifs is 1. The first-order valence-electron chi connectivity index (χ1n) is 7.77. The molecule has 22 heavy (non-hydrogen) atoms. The van der Waals surface area contributed by atoms with E-state index in [0.717, 1.165) is 43.7 Å². The minimum absolute atomic E-state index is 0.536. The summed E-state index contributed by atoms with van der Waals surface area (Å²) < 4.78 is 10.8. The predicted octanol–water partition coefficient (Wildman–Crippen LogP) is 3.77. The maximum absolute atomic E-state index is 6.58. The number of methoxy groups -OCH3 is 2. The Morgan fingerprint density at radius 1 is 0.773 bits per heavy atom. The van der Waals surface area contributed by atoms with E-state index in [-0.39, 0.29) is 0 Å². The number of benzene rings is 1. The van der Waals surface area contributed by atoms with Crippen molar-refractivity contribution in [1.29, 1.82) is 0 Å². The van der Waals surface area contributed by atoms with Gasteiger partial charge in [-0.15, -0.1) is 0 Å². The highest BCUT2D eigenvalue weighted by molar-refractivity contribution is 6.37. The summed E-state index contributed by atoms with van der Waals surface area (Å²) in [6.45, 7) is 4.02. The van der Waals surface area contributed by atoms with Crippen LogP contribution in [-0.2, 0) is 13.0 Å². The molecule has 0 radical (unpaired) electrons. The molecule has 1 aromatic carbocycles. The summed E-state index contributed by atoms with van der Waals surface area (Å²) in [5, 5.41) is 6.11. The molecule has 2 heterocycles. The average molecular weight is 345 g/mol. The van der Waals surface area contributed by atoms with Crippen molar-refractivity contribution in [3.05, 3.63) is 21.2 Å². The third-order valence-electron chi connectivity index (χ3n) is 4.60. The van der Waals surface area contributed by atoms with E-state index in [9.17, 15) is 0 Å². The molecule has 6 heteroatoms. The monoisotopic (exact) mass is 344 g/mol. The van der Waals surface area contributed by atoms with Crippen LogP contribution in [0, 0.1) is 0 Å². The largest absolute Gasteiger partial charge is 0.491 e. The van der Waals surface area contributed by atoms with Crippen LogP contribution in [0.2, 0.25) is 10.0 Å². The van der Waals surface area contributed by atoms with E-state index in [1.165, 1.54) is 19.3 Å². The van der Waals surface area contributed by atoms with Crippen molar-refractivity contribution in [3.63, 3.8) is 0 Å². The second-order valence-electron chi connectivity index (χ2n) is 5.80. The Bertz CT molecular complexity index is 560. The topological polar surface area (TPSA) is 24.9 Å². The minimum Gasteiger partial charge on any atom is -0.491 e. The molecule has 1 fully saturated rings. The zero-order valence-electron chi connectivity index (χ0n) is 13.1. The first kappa shape index (κ1) is 16.2. The average Bonchev–Trinajstić information content (AvgIpc) is 2.58. The Morgan fingerprint density at radius 3 is 1.95 bits per heavy atom. The Labute approximate surface area is 141 Å². The molecule has 0 unspecified atom stereocenters. The van der Waals surface area contributed by atoms with Gasteiger partial charge in [0.2, 0.25) is 0 Å². The smallest absolute Gasteiger partial charge is 0.181 e. The maximum atomic E-state index is 6.58. The van der Waals surface area contributed by atoms with E-state index >= 15 is 0 Å². The molecule has 122 valence electrons. The van der Waals surface area contributed by atoms with E-state index in [2.05, 4.69) is 10.0 Å². The Balaban J connectivity index is 1.94. The van der Waals surface area contributed by atoms with Gasteiger partial charge in [0.05, 0.1) is 24.3 Å². The summed E-state index contributed by atoms with van der Waals surface area (Å²) in [5.74, 6) is 1.08. The lowest BCUT2D eigenvalue weighted by atomic mass is 9.99. The molecule has 2 aliphatic heterocycles. The van der Waals surface area contributed by atoms with Gasteiger partial charge in [0.15, 0.2) is 11.5 Å². The molecular formula is C16H22Cl2N2O2. The van der Waals surface area contributed by atoms with E-state index in [0.29, 0.717) is 21.5 Å². The van der Waals surface area contributed by atoms with Gasteiger partial charge in [-0.3, -0.25) is 0 Å². The van der Waals surface area contributed by atoms with Gasteiger partial charge < -0.3 is 9.47 Å². The molecule has 1 saturated heterocycles. The first-order valence-corrected chi connectivity index (χ1v) is 8.53. The van der Waals surface area contributed by atoms with Crippen LogP contribution in [0.25, 0.3) is 0 Å². The molecule has 4 nitrogen and oxygen atoms in total. The lowest BCUT2D eigenvalue weighted by Gasteiger charge is -2.40. The molecule has 2 aliphatic rings. The molecule has 1 aromatic rings. The van der Waals surface area contributed by atoms with Gasteiger partial charge in [0.25, 0.3) is 0 Å². The third kappa shape index (κ3) is 2.78. The molecule has 3 rings (SSSR count). The molecule has 0 saturated carbocycles. The number of piperidine rings is 1. The van der Waals surface area contributed by atoms with Crippen LogP contribution >= 0.6 is 23.2 Å². The van der Waals surface area contributed by atoms with E-state index in [4.69, 9.17) is 32.7 Å². The molecule has 0 amide bonds. The van der Waals surface area contributed by atoms with Crippen molar-refractivity contribution < 1.29 is 9.47 Å². The van der Waals surface area contributed by atoms with Crippen LogP contribution in [0.5, 0.6) is 11.5 Å². The fraction of sp³-hybridized carbons (Fsp3) is 0.625. The van der Waals surface area contributed by atoms with Gasteiger partial charge in [0, 0.05) is 26.2 Å². The zero-order chi connectivity index (χ0) is 15.7. The summed E-state index contributed by atoms with van der Waals surface area (Å²) in [6, 6.07) is 0. The number of hydrogen-bond acceptors (Lipinski definition) is 4. The highest BCUT2D eigenvalue weighted by Gasteiger charge is 2.30. The Morgan fingerprint density at radius 2 is 1.36 bits per heavy atom. The van der Waals surface area contributed by atoms with Crippen molar-refractivity contribution in [2.24, 2.45) is 0 Å². The summed E-state index contributed by atoms with van der Waals surface area (Å²) in [4.78, 5) is 0. The fourth-order valence-electron chi connectivity index (χ4n) is 3.43. The van der Waals surface area contributed by atoms with Crippen LogP contribution in [0.3, 0.4) is 0 Å². The van der Waals surface area contributed by atoms with Crippen molar-refractivity contribution in [1.82, 2.24) is 10.0 Å². The van der Waals surface area contributed by atoms with Gasteiger partial charge in [-0.25, -0.2) is 10.0 Å². The molecule has 0 bridgehead atoms. The highest BCUT2D eigenvalue weighted by Crippen LogP contribution is 2.47. The molecule has 0 aliphatic carbocycles. The quantitative estimate of drug-likeness (QED) is 0.833. The minimum atomic E-state index is 0.536. The van der Waals surface area contributed by atoms with Crippen molar-refractivity contribution in [2.75, 3.05) is 33.9 Å². The lowest BCUT2D eigenvalue weighted by molar-refractivity contribution is -0.0506. The number of ether oxygens (including phenoxy) is 2. The van der Waals surface area contributed by atoms with E-state index < -0.39 is 0 Å². The SMILES string of the molecule is COc1c(Cl)c2c(c(Cl)c1OC)CN(N1CCCCC1)CC2. The van der Waals surface area contributed by atoms with Crippen molar-refractivity contribution >= 4 is 23.2 Å². The number of halogens is 2. The van der Waals surface area contributed by atoms with Crippen LogP contribution in [0.15, 0.2) is 0 Å². The van der Waals surface area contributed by atoms with Gasteiger partial charge in [0.1, 0.15) is 0 Å². The molecule has 0 spiro atoms. The number of nitrogens with zero attached hydrogens (tertiary/aromatic N) is 2. The third-order valence-corrected chi connectivity index (χ3v) is 5.40. The fourth-order valence-corrected chi connectivity index (χ4v) is 4.14.